The van der Waals surface area contributed by atoms with Gasteiger partial charge in [0.15, 0.2) is 5.69 Å². The number of halogens is 1. The Morgan fingerprint density at radius 3 is 2.45 bits per heavy atom. The number of aryl methyl sites for hydroxylation is 1. The standard InChI is InChI=1S/C26H21ClN4O2/c1-3-30(19-13-9-10-17(27)16-19)25(32)23-22-20-14-7-8-15-21(20)29(2)24(22)26(33)31(28-23)18-11-5-4-6-12-18/h4-16H,3H2,1-2H3. The van der Waals surface area contributed by atoms with Crippen molar-refractivity contribution in [2.45, 2.75) is 6.92 Å². The van der Waals surface area contributed by atoms with Crippen LogP contribution in [-0.2, 0) is 7.05 Å². The van der Waals surface area contributed by atoms with Crippen LogP contribution in [-0.4, -0.2) is 26.8 Å². The van der Waals surface area contributed by atoms with Gasteiger partial charge in [0.1, 0.15) is 5.52 Å². The summed E-state index contributed by atoms with van der Waals surface area (Å²) in [7, 11) is 1.84. The highest BCUT2D eigenvalue weighted by molar-refractivity contribution is 6.31. The Morgan fingerprint density at radius 2 is 1.73 bits per heavy atom. The molecule has 0 radical (unpaired) electrons. The molecule has 0 aliphatic carbocycles. The number of hydrogen-bond acceptors (Lipinski definition) is 3. The van der Waals surface area contributed by atoms with Gasteiger partial charge in [0.25, 0.3) is 11.5 Å². The van der Waals surface area contributed by atoms with E-state index in [0.717, 1.165) is 10.9 Å². The lowest BCUT2D eigenvalue weighted by atomic mass is 10.1. The third-order valence-electron chi connectivity index (χ3n) is 5.82. The van der Waals surface area contributed by atoms with Crippen LogP contribution < -0.4 is 10.5 Å². The van der Waals surface area contributed by atoms with Crippen LogP contribution in [0.3, 0.4) is 0 Å². The summed E-state index contributed by atoms with van der Waals surface area (Å²) in [6.07, 6.45) is 0. The molecule has 0 N–H and O–H groups in total. The molecule has 0 unspecified atom stereocenters. The molecular weight excluding hydrogens is 436 g/mol. The molecule has 0 fully saturated rings. The molecule has 164 valence electrons. The zero-order chi connectivity index (χ0) is 23.1. The van der Waals surface area contributed by atoms with E-state index in [1.165, 1.54) is 4.68 Å². The van der Waals surface area contributed by atoms with Crippen molar-refractivity contribution < 1.29 is 4.79 Å². The topological polar surface area (TPSA) is 60.1 Å². The fraction of sp³-hybridized carbons (Fsp3) is 0.115. The highest BCUT2D eigenvalue weighted by atomic mass is 35.5. The van der Waals surface area contributed by atoms with E-state index >= 15 is 0 Å². The Hall–Kier alpha value is -3.90. The minimum atomic E-state index is -0.300. The van der Waals surface area contributed by atoms with Crippen LogP contribution in [0.5, 0.6) is 0 Å². The minimum Gasteiger partial charge on any atom is -0.339 e. The van der Waals surface area contributed by atoms with E-state index in [9.17, 15) is 9.59 Å². The summed E-state index contributed by atoms with van der Waals surface area (Å²) in [5.41, 5.74) is 2.49. The van der Waals surface area contributed by atoms with Gasteiger partial charge in [-0.15, -0.1) is 0 Å². The molecule has 0 aliphatic heterocycles. The van der Waals surface area contributed by atoms with E-state index in [1.54, 1.807) is 35.2 Å². The first kappa shape index (κ1) is 21.0. The van der Waals surface area contributed by atoms with Gasteiger partial charge in [-0.1, -0.05) is 54.1 Å². The lowest BCUT2D eigenvalue weighted by molar-refractivity contribution is 0.0983. The van der Waals surface area contributed by atoms with Gasteiger partial charge in [-0.25, -0.2) is 0 Å². The fourth-order valence-corrected chi connectivity index (χ4v) is 4.47. The van der Waals surface area contributed by atoms with Crippen molar-refractivity contribution in [1.82, 2.24) is 14.3 Å². The SMILES string of the molecule is CCN(C(=O)c1nn(-c2ccccc2)c(=O)c2c1c1ccccc1n2C)c1cccc(Cl)c1. The normalized spacial score (nSPS) is 11.2. The van der Waals surface area contributed by atoms with Crippen LogP contribution in [0.4, 0.5) is 5.69 Å². The highest BCUT2D eigenvalue weighted by Crippen LogP contribution is 2.30. The molecule has 0 aliphatic rings. The van der Waals surface area contributed by atoms with Crippen LogP contribution in [0.15, 0.2) is 83.7 Å². The second kappa shape index (κ2) is 8.22. The van der Waals surface area contributed by atoms with Gasteiger partial charge < -0.3 is 9.47 Å². The number of nitrogens with zero attached hydrogens (tertiary/aromatic N) is 4. The van der Waals surface area contributed by atoms with Gasteiger partial charge in [-0.05, 0) is 43.3 Å². The van der Waals surface area contributed by atoms with Gasteiger partial charge >= 0.3 is 0 Å². The van der Waals surface area contributed by atoms with Gasteiger partial charge in [0.2, 0.25) is 0 Å². The zero-order valence-corrected chi connectivity index (χ0v) is 19.0. The molecule has 0 spiro atoms. The molecule has 0 atom stereocenters. The smallest absolute Gasteiger partial charge is 0.296 e. The average molecular weight is 457 g/mol. The molecule has 3 aromatic carbocycles. The largest absolute Gasteiger partial charge is 0.339 e. The molecule has 0 bridgehead atoms. The Morgan fingerprint density at radius 1 is 1.00 bits per heavy atom. The zero-order valence-electron chi connectivity index (χ0n) is 18.2. The first-order valence-electron chi connectivity index (χ1n) is 10.6. The third kappa shape index (κ3) is 3.39. The van der Waals surface area contributed by atoms with E-state index < -0.39 is 0 Å². The molecule has 2 heterocycles. The first-order valence-corrected chi connectivity index (χ1v) is 11.0. The Kier molecular flexibility index (Phi) is 5.23. The molecule has 5 aromatic rings. The predicted molar refractivity (Wildman–Crippen MR) is 133 cm³/mol. The number of carbonyl (C=O) groups excluding carboxylic acids is 1. The van der Waals surface area contributed by atoms with Crippen molar-refractivity contribution in [1.29, 1.82) is 0 Å². The number of hydrogen-bond donors (Lipinski definition) is 0. The van der Waals surface area contributed by atoms with Gasteiger partial charge in [-0.3, -0.25) is 9.59 Å². The summed E-state index contributed by atoms with van der Waals surface area (Å²) in [5.74, 6) is -0.300. The summed E-state index contributed by atoms with van der Waals surface area (Å²) in [6.45, 7) is 2.31. The summed E-state index contributed by atoms with van der Waals surface area (Å²) < 4.78 is 3.14. The van der Waals surface area contributed by atoms with E-state index in [-0.39, 0.29) is 17.2 Å². The summed E-state index contributed by atoms with van der Waals surface area (Å²) in [6, 6.07) is 23.9. The number of fused-ring (bicyclic) bond motifs is 3. The number of carbonyl (C=O) groups is 1. The lowest BCUT2D eigenvalue weighted by Gasteiger charge is -2.21. The highest BCUT2D eigenvalue weighted by Gasteiger charge is 2.27. The maximum absolute atomic E-state index is 13.9. The van der Waals surface area contributed by atoms with Crippen molar-refractivity contribution in [3.05, 3.63) is 99.9 Å². The summed E-state index contributed by atoms with van der Waals surface area (Å²) in [4.78, 5) is 29.2. The summed E-state index contributed by atoms with van der Waals surface area (Å²) >= 11 is 6.20. The van der Waals surface area contributed by atoms with Crippen LogP contribution in [0.25, 0.3) is 27.5 Å². The molecule has 7 heteroatoms. The van der Waals surface area contributed by atoms with Crippen LogP contribution in [0, 0.1) is 0 Å². The van der Waals surface area contributed by atoms with Crippen molar-refractivity contribution in [3.63, 3.8) is 0 Å². The second-order valence-electron chi connectivity index (χ2n) is 7.73. The lowest BCUT2D eigenvalue weighted by Crippen LogP contribution is -2.34. The van der Waals surface area contributed by atoms with Gasteiger partial charge in [0, 0.05) is 40.6 Å². The molecule has 33 heavy (non-hydrogen) atoms. The number of benzene rings is 3. The van der Waals surface area contributed by atoms with E-state index in [4.69, 9.17) is 11.6 Å². The predicted octanol–water partition coefficient (Wildman–Crippen LogP) is 5.20. The van der Waals surface area contributed by atoms with Crippen LogP contribution in [0.1, 0.15) is 17.4 Å². The molecule has 5 rings (SSSR count). The molecule has 0 saturated heterocycles. The number of rotatable bonds is 4. The average Bonchev–Trinajstić information content (AvgIpc) is 3.14. The quantitative estimate of drug-likeness (QED) is 0.373. The first-order chi connectivity index (χ1) is 16.0. The van der Waals surface area contributed by atoms with Gasteiger partial charge in [0.05, 0.1) is 5.69 Å². The molecule has 6 nitrogen and oxygen atoms in total. The number of amides is 1. The van der Waals surface area contributed by atoms with E-state index in [2.05, 4.69) is 5.10 Å². The maximum Gasteiger partial charge on any atom is 0.296 e. The second-order valence-corrected chi connectivity index (χ2v) is 8.17. The molecule has 1 amide bonds. The Bertz CT molecular complexity index is 1570. The minimum absolute atomic E-state index is 0.215. The number of para-hydroxylation sites is 2. The Labute approximate surface area is 195 Å². The van der Waals surface area contributed by atoms with E-state index in [1.807, 2.05) is 67.1 Å². The van der Waals surface area contributed by atoms with Crippen LogP contribution in [0.2, 0.25) is 5.02 Å². The van der Waals surface area contributed by atoms with Gasteiger partial charge in [-0.2, -0.15) is 9.78 Å². The van der Waals surface area contributed by atoms with Crippen molar-refractivity contribution >= 4 is 45.0 Å². The fourth-order valence-electron chi connectivity index (χ4n) is 4.29. The summed E-state index contributed by atoms with van der Waals surface area (Å²) in [5, 5.41) is 6.52. The monoisotopic (exact) mass is 456 g/mol. The Balaban J connectivity index is 1.86. The van der Waals surface area contributed by atoms with Crippen molar-refractivity contribution in [3.8, 4) is 5.69 Å². The maximum atomic E-state index is 13.9. The van der Waals surface area contributed by atoms with Crippen LogP contribution >= 0.6 is 11.6 Å². The van der Waals surface area contributed by atoms with Crippen molar-refractivity contribution in [2.24, 2.45) is 7.05 Å². The molecular formula is C26H21ClN4O2. The third-order valence-corrected chi connectivity index (χ3v) is 6.06. The molecule has 0 saturated carbocycles. The van der Waals surface area contributed by atoms with E-state index in [0.29, 0.717) is 33.8 Å². The number of aromatic nitrogens is 3. The number of anilines is 1. The van der Waals surface area contributed by atoms with Crippen molar-refractivity contribution in [2.75, 3.05) is 11.4 Å². The molecule has 2 aromatic heterocycles.